The highest BCUT2D eigenvalue weighted by Gasteiger charge is 2.32. The first-order valence-electron chi connectivity index (χ1n) is 7.46. The van der Waals surface area contributed by atoms with Crippen molar-refractivity contribution in [3.05, 3.63) is 18.5 Å². The van der Waals surface area contributed by atoms with E-state index in [0.29, 0.717) is 18.4 Å². The van der Waals surface area contributed by atoms with Crippen LogP contribution in [0.5, 0.6) is 0 Å². The third-order valence-corrected chi connectivity index (χ3v) is 4.09. The van der Waals surface area contributed by atoms with Gasteiger partial charge in [0.15, 0.2) is 0 Å². The molecule has 21 heavy (non-hydrogen) atoms. The summed E-state index contributed by atoms with van der Waals surface area (Å²) < 4.78 is 0. The zero-order valence-electron chi connectivity index (χ0n) is 12.7. The number of hydrogen-bond donors (Lipinski definition) is 2. The van der Waals surface area contributed by atoms with Gasteiger partial charge < -0.3 is 15.3 Å². The van der Waals surface area contributed by atoms with Gasteiger partial charge in [-0.3, -0.25) is 4.79 Å². The molecule has 0 aliphatic heterocycles. The van der Waals surface area contributed by atoms with Gasteiger partial charge in [0.25, 0.3) is 0 Å². The second-order valence-corrected chi connectivity index (χ2v) is 6.09. The molecule has 1 aromatic rings. The van der Waals surface area contributed by atoms with E-state index in [1.54, 1.807) is 30.4 Å². The van der Waals surface area contributed by atoms with Crippen molar-refractivity contribution >= 4 is 11.9 Å². The summed E-state index contributed by atoms with van der Waals surface area (Å²) in [6.45, 7) is 2.70. The minimum Gasteiger partial charge on any atom is -0.388 e. The Morgan fingerprint density at radius 2 is 2.05 bits per heavy atom. The smallest absolute Gasteiger partial charge is 0.239 e. The van der Waals surface area contributed by atoms with Crippen LogP contribution in [-0.4, -0.2) is 46.7 Å². The number of nitrogens with one attached hydrogen (secondary N) is 1. The molecule has 0 atom stereocenters. The lowest BCUT2D eigenvalue weighted by molar-refractivity contribution is -0.121. The normalized spacial score (nSPS) is 25.4. The van der Waals surface area contributed by atoms with Crippen LogP contribution in [0.15, 0.2) is 18.5 Å². The molecule has 1 aromatic heterocycles. The second kappa shape index (κ2) is 6.85. The summed E-state index contributed by atoms with van der Waals surface area (Å²) in [5, 5.41) is 13.3. The summed E-state index contributed by atoms with van der Waals surface area (Å²) in [6.07, 6.45) is 6.83. The van der Waals surface area contributed by atoms with E-state index in [2.05, 4.69) is 22.2 Å². The van der Waals surface area contributed by atoms with Gasteiger partial charge in [-0.15, -0.1) is 0 Å². The molecule has 116 valence electrons. The minimum absolute atomic E-state index is 0.128. The largest absolute Gasteiger partial charge is 0.388 e. The number of anilines is 1. The Bertz CT molecular complexity index is 458. The fourth-order valence-electron chi connectivity index (χ4n) is 2.57. The quantitative estimate of drug-likeness (QED) is 0.845. The van der Waals surface area contributed by atoms with Crippen molar-refractivity contribution in [1.82, 2.24) is 15.3 Å². The topological polar surface area (TPSA) is 78.4 Å². The van der Waals surface area contributed by atoms with Gasteiger partial charge in [-0.25, -0.2) is 9.97 Å². The third kappa shape index (κ3) is 4.67. The highest BCUT2D eigenvalue weighted by atomic mass is 16.3. The predicted molar refractivity (Wildman–Crippen MR) is 80.9 cm³/mol. The Hall–Kier alpha value is -1.69. The summed E-state index contributed by atoms with van der Waals surface area (Å²) in [6, 6.07) is 1.73. The number of carbonyl (C=O) groups excluding carboxylic acids is 1. The summed E-state index contributed by atoms with van der Waals surface area (Å²) in [7, 11) is 1.77. The fraction of sp³-hybridized carbons (Fsp3) is 0.667. The standard InChI is InChI=1S/C15H24N4O2/c1-12-4-6-15(21,7-5-12)11-18-13(20)10-19(2)14-16-8-3-9-17-14/h3,8-9,12,21H,4-7,10-11H2,1-2H3,(H,18,20). The van der Waals surface area contributed by atoms with E-state index in [1.165, 1.54) is 0 Å². The molecular formula is C15H24N4O2. The molecule has 6 nitrogen and oxygen atoms in total. The van der Waals surface area contributed by atoms with Gasteiger partial charge in [0, 0.05) is 26.0 Å². The van der Waals surface area contributed by atoms with Crippen LogP contribution in [-0.2, 0) is 4.79 Å². The van der Waals surface area contributed by atoms with Crippen molar-refractivity contribution in [3.63, 3.8) is 0 Å². The molecule has 0 bridgehead atoms. The molecule has 6 heteroatoms. The van der Waals surface area contributed by atoms with E-state index in [4.69, 9.17) is 0 Å². The summed E-state index contributed by atoms with van der Waals surface area (Å²) in [5.41, 5.74) is -0.746. The molecule has 0 saturated heterocycles. The minimum atomic E-state index is -0.746. The van der Waals surface area contributed by atoms with E-state index in [0.717, 1.165) is 25.7 Å². The molecule has 1 aliphatic carbocycles. The van der Waals surface area contributed by atoms with Gasteiger partial charge >= 0.3 is 0 Å². The van der Waals surface area contributed by atoms with Crippen molar-refractivity contribution < 1.29 is 9.90 Å². The van der Waals surface area contributed by atoms with E-state index in [1.807, 2.05) is 0 Å². The Balaban J connectivity index is 1.77. The van der Waals surface area contributed by atoms with Crippen LogP contribution in [0.4, 0.5) is 5.95 Å². The number of carbonyl (C=O) groups is 1. The van der Waals surface area contributed by atoms with Crippen molar-refractivity contribution in [2.75, 3.05) is 25.0 Å². The number of rotatable bonds is 5. The highest BCUT2D eigenvalue weighted by molar-refractivity contribution is 5.80. The first kappa shape index (κ1) is 15.7. The summed E-state index contributed by atoms with van der Waals surface area (Å²) in [5.74, 6) is 1.05. The van der Waals surface area contributed by atoms with Crippen LogP contribution in [0.2, 0.25) is 0 Å². The third-order valence-electron chi connectivity index (χ3n) is 4.09. The number of nitrogens with zero attached hydrogens (tertiary/aromatic N) is 3. The van der Waals surface area contributed by atoms with Crippen LogP contribution in [0.3, 0.4) is 0 Å². The van der Waals surface area contributed by atoms with E-state index < -0.39 is 5.60 Å². The zero-order valence-corrected chi connectivity index (χ0v) is 12.7. The number of hydrogen-bond acceptors (Lipinski definition) is 5. The maximum atomic E-state index is 12.0. The van der Waals surface area contributed by atoms with Crippen LogP contribution >= 0.6 is 0 Å². The lowest BCUT2D eigenvalue weighted by Gasteiger charge is -2.35. The summed E-state index contributed by atoms with van der Waals surface area (Å²) >= 11 is 0. The highest BCUT2D eigenvalue weighted by Crippen LogP contribution is 2.31. The van der Waals surface area contributed by atoms with E-state index >= 15 is 0 Å². The molecule has 2 N–H and O–H groups in total. The first-order chi connectivity index (χ1) is 9.98. The monoisotopic (exact) mass is 292 g/mol. The van der Waals surface area contributed by atoms with Gasteiger partial charge in [-0.2, -0.15) is 0 Å². The SMILES string of the molecule is CC1CCC(O)(CNC(=O)CN(C)c2ncccn2)CC1. The lowest BCUT2D eigenvalue weighted by Crippen LogP contribution is -2.47. The van der Waals surface area contributed by atoms with Crippen LogP contribution < -0.4 is 10.2 Å². The average molecular weight is 292 g/mol. The molecule has 1 amide bonds. The lowest BCUT2D eigenvalue weighted by atomic mass is 9.79. The van der Waals surface area contributed by atoms with Crippen molar-refractivity contribution in [2.45, 2.75) is 38.2 Å². The average Bonchev–Trinajstić information content (AvgIpc) is 2.50. The Kier molecular flexibility index (Phi) is 5.12. The number of likely N-dealkylation sites (N-methyl/N-ethyl adjacent to an activating group) is 1. The number of aliphatic hydroxyl groups is 1. The van der Waals surface area contributed by atoms with Crippen LogP contribution in [0.25, 0.3) is 0 Å². The Morgan fingerprint density at radius 1 is 1.43 bits per heavy atom. The molecular weight excluding hydrogens is 268 g/mol. The predicted octanol–water partition coefficient (Wildman–Crippen LogP) is 0.970. The van der Waals surface area contributed by atoms with E-state index in [9.17, 15) is 9.90 Å². The maximum absolute atomic E-state index is 12.0. The molecule has 0 unspecified atom stereocenters. The molecule has 0 spiro atoms. The van der Waals surface area contributed by atoms with Gasteiger partial charge in [-0.05, 0) is 37.7 Å². The molecule has 1 saturated carbocycles. The molecule has 1 fully saturated rings. The molecule has 0 aromatic carbocycles. The first-order valence-corrected chi connectivity index (χ1v) is 7.46. The van der Waals surface area contributed by atoms with Crippen molar-refractivity contribution in [3.8, 4) is 0 Å². The van der Waals surface area contributed by atoms with Gasteiger partial charge in [0.2, 0.25) is 11.9 Å². The summed E-state index contributed by atoms with van der Waals surface area (Å²) in [4.78, 5) is 21.8. The number of aromatic nitrogens is 2. The molecule has 0 radical (unpaired) electrons. The Morgan fingerprint density at radius 3 is 2.67 bits per heavy atom. The second-order valence-electron chi connectivity index (χ2n) is 6.09. The van der Waals surface area contributed by atoms with Gasteiger partial charge in [-0.1, -0.05) is 6.92 Å². The van der Waals surface area contributed by atoms with Gasteiger partial charge in [0.1, 0.15) is 0 Å². The molecule has 1 aliphatic rings. The van der Waals surface area contributed by atoms with Crippen molar-refractivity contribution in [1.29, 1.82) is 0 Å². The molecule has 1 heterocycles. The molecule has 2 rings (SSSR count). The maximum Gasteiger partial charge on any atom is 0.239 e. The van der Waals surface area contributed by atoms with E-state index in [-0.39, 0.29) is 12.5 Å². The fourth-order valence-corrected chi connectivity index (χ4v) is 2.57. The van der Waals surface area contributed by atoms with Crippen LogP contribution in [0.1, 0.15) is 32.6 Å². The Labute approximate surface area is 125 Å². The van der Waals surface area contributed by atoms with Crippen LogP contribution in [0, 0.1) is 5.92 Å². The number of amides is 1. The van der Waals surface area contributed by atoms with Crippen molar-refractivity contribution in [2.24, 2.45) is 5.92 Å². The zero-order chi connectivity index (χ0) is 15.3. The van der Waals surface area contributed by atoms with Gasteiger partial charge in [0.05, 0.1) is 12.1 Å².